The second kappa shape index (κ2) is 3.36. The molecular formula is C10H9NO4S. The van der Waals surface area contributed by atoms with Crippen LogP contribution in [0.25, 0.3) is 10.8 Å². The number of anilines is 1. The Morgan fingerprint density at radius 2 is 1.81 bits per heavy atom. The smallest absolute Gasteiger partial charge is 0.298 e. The summed E-state index contributed by atoms with van der Waals surface area (Å²) in [6, 6.07) is 7.88. The maximum Gasteiger partial charge on any atom is 0.298 e. The summed E-state index contributed by atoms with van der Waals surface area (Å²) in [7, 11) is -4.48. The van der Waals surface area contributed by atoms with Crippen molar-refractivity contribution in [3.63, 3.8) is 0 Å². The van der Waals surface area contributed by atoms with Gasteiger partial charge in [-0.1, -0.05) is 24.3 Å². The fraction of sp³-hybridized carbons (Fsp3) is 0. The maximum absolute atomic E-state index is 11.0. The van der Waals surface area contributed by atoms with Gasteiger partial charge < -0.3 is 10.8 Å². The molecule has 4 N–H and O–H groups in total. The zero-order valence-electron chi connectivity index (χ0n) is 8.08. The van der Waals surface area contributed by atoms with E-state index in [1.54, 1.807) is 24.3 Å². The minimum Gasteiger partial charge on any atom is -0.504 e. The number of rotatable bonds is 1. The second-order valence-electron chi connectivity index (χ2n) is 3.33. The Morgan fingerprint density at radius 3 is 2.44 bits per heavy atom. The molecule has 0 aliphatic carbocycles. The number of fused-ring (bicyclic) bond motifs is 1. The highest BCUT2D eigenvalue weighted by Gasteiger charge is 2.19. The summed E-state index contributed by atoms with van der Waals surface area (Å²) in [6.07, 6.45) is 0. The standard InChI is InChI=1S/C10H9NO4S/c11-9-7-4-2-1-3-6(7)5-8(10(9)12)16(13,14)15/h1-5,12H,11H2,(H,13,14,15). The van der Waals surface area contributed by atoms with E-state index < -0.39 is 20.8 Å². The highest BCUT2D eigenvalue weighted by molar-refractivity contribution is 7.86. The molecule has 16 heavy (non-hydrogen) atoms. The summed E-state index contributed by atoms with van der Waals surface area (Å²) in [5, 5.41) is 10.6. The van der Waals surface area contributed by atoms with Gasteiger partial charge in [0, 0.05) is 5.39 Å². The molecule has 0 spiro atoms. The van der Waals surface area contributed by atoms with Crippen LogP contribution in [0.2, 0.25) is 0 Å². The molecule has 0 aliphatic rings. The molecule has 0 aliphatic heterocycles. The van der Waals surface area contributed by atoms with Crippen molar-refractivity contribution in [2.45, 2.75) is 4.90 Å². The quantitative estimate of drug-likeness (QED) is 0.396. The molecule has 0 heterocycles. The number of phenolic OH excluding ortho intramolecular Hbond substituents is 1. The minimum atomic E-state index is -4.48. The van der Waals surface area contributed by atoms with Crippen LogP contribution in [0.5, 0.6) is 5.75 Å². The third-order valence-corrected chi connectivity index (χ3v) is 3.17. The molecule has 0 radical (unpaired) electrons. The van der Waals surface area contributed by atoms with E-state index in [-0.39, 0.29) is 5.69 Å². The molecule has 6 heteroatoms. The van der Waals surface area contributed by atoms with Gasteiger partial charge in [-0.05, 0) is 11.5 Å². The lowest BCUT2D eigenvalue weighted by Crippen LogP contribution is -2.01. The molecule has 2 rings (SSSR count). The normalized spacial score (nSPS) is 11.8. The van der Waals surface area contributed by atoms with Crippen molar-refractivity contribution in [2.75, 3.05) is 5.73 Å². The van der Waals surface area contributed by atoms with Crippen LogP contribution in [0.3, 0.4) is 0 Å². The molecular weight excluding hydrogens is 230 g/mol. The van der Waals surface area contributed by atoms with E-state index in [1.807, 2.05) is 0 Å². The van der Waals surface area contributed by atoms with Crippen LogP contribution in [0, 0.1) is 0 Å². The lowest BCUT2D eigenvalue weighted by atomic mass is 10.1. The van der Waals surface area contributed by atoms with Crippen LogP contribution in [-0.4, -0.2) is 18.1 Å². The van der Waals surface area contributed by atoms with Crippen LogP contribution in [0.15, 0.2) is 35.2 Å². The maximum atomic E-state index is 11.0. The van der Waals surface area contributed by atoms with Crippen molar-refractivity contribution in [1.82, 2.24) is 0 Å². The minimum absolute atomic E-state index is 0.0641. The molecule has 5 nitrogen and oxygen atoms in total. The van der Waals surface area contributed by atoms with E-state index in [4.69, 9.17) is 10.3 Å². The van der Waals surface area contributed by atoms with Gasteiger partial charge in [-0.2, -0.15) is 8.42 Å². The van der Waals surface area contributed by atoms with Gasteiger partial charge in [0.05, 0.1) is 5.69 Å². The Hall–Kier alpha value is -1.79. The molecule has 0 atom stereocenters. The number of nitrogen functional groups attached to an aromatic ring is 1. The van der Waals surface area contributed by atoms with Gasteiger partial charge in [-0.3, -0.25) is 4.55 Å². The molecule has 0 saturated carbocycles. The number of benzene rings is 2. The van der Waals surface area contributed by atoms with Gasteiger partial charge in [0.25, 0.3) is 10.1 Å². The highest BCUT2D eigenvalue weighted by Crippen LogP contribution is 2.35. The fourth-order valence-electron chi connectivity index (χ4n) is 1.53. The van der Waals surface area contributed by atoms with Crippen molar-refractivity contribution >= 4 is 26.6 Å². The number of phenols is 1. The molecule has 0 aromatic heterocycles. The Labute approximate surface area is 91.9 Å². The van der Waals surface area contributed by atoms with E-state index in [1.165, 1.54) is 6.07 Å². The van der Waals surface area contributed by atoms with E-state index in [9.17, 15) is 13.5 Å². The summed E-state index contributed by atoms with van der Waals surface area (Å²) < 4.78 is 30.9. The summed E-state index contributed by atoms with van der Waals surface area (Å²) >= 11 is 0. The second-order valence-corrected chi connectivity index (χ2v) is 4.72. The van der Waals surface area contributed by atoms with E-state index in [0.29, 0.717) is 10.8 Å². The number of hydrogen-bond donors (Lipinski definition) is 3. The van der Waals surface area contributed by atoms with Gasteiger partial charge >= 0.3 is 0 Å². The van der Waals surface area contributed by atoms with Crippen molar-refractivity contribution in [1.29, 1.82) is 0 Å². The number of hydrogen-bond acceptors (Lipinski definition) is 4. The van der Waals surface area contributed by atoms with Crippen LogP contribution in [-0.2, 0) is 10.1 Å². The van der Waals surface area contributed by atoms with Gasteiger partial charge in [-0.15, -0.1) is 0 Å². The Balaban J connectivity index is 2.95. The van der Waals surface area contributed by atoms with Gasteiger partial charge in [0.15, 0.2) is 5.75 Å². The molecule has 0 saturated heterocycles. The number of aromatic hydroxyl groups is 1. The molecule has 0 fully saturated rings. The molecule has 84 valence electrons. The summed E-state index contributed by atoms with van der Waals surface area (Å²) in [5.41, 5.74) is 5.53. The summed E-state index contributed by atoms with van der Waals surface area (Å²) in [4.78, 5) is -0.580. The molecule has 0 amide bonds. The monoisotopic (exact) mass is 239 g/mol. The zero-order valence-corrected chi connectivity index (χ0v) is 8.90. The first-order valence-corrected chi connectivity index (χ1v) is 5.83. The first kappa shape index (κ1) is 10.7. The third-order valence-electron chi connectivity index (χ3n) is 2.30. The van der Waals surface area contributed by atoms with E-state index in [2.05, 4.69) is 0 Å². The predicted molar refractivity (Wildman–Crippen MR) is 59.8 cm³/mol. The van der Waals surface area contributed by atoms with Crippen molar-refractivity contribution < 1.29 is 18.1 Å². The average Bonchev–Trinajstić information content (AvgIpc) is 2.22. The van der Waals surface area contributed by atoms with E-state index in [0.717, 1.165) is 0 Å². The number of nitrogens with two attached hydrogens (primary N) is 1. The van der Waals surface area contributed by atoms with Crippen molar-refractivity contribution in [3.05, 3.63) is 30.3 Å². The van der Waals surface area contributed by atoms with E-state index >= 15 is 0 Å². The van der Waals surface area contributed by atoms with Crippen LogP contribution < -0.4 is 5.73 Å². The van der Waals surface area contributed by atoms with Gasteiger partial charge in [-0.25, -0.2) is 0 Å². The SMILES string of the molecule is Nc1c(O)c(S(=O)(=O)O)cc2ccccc12. The molecule has 2 aromatic rings. The summed E-state index contributed by atoms with van der Waals surface area (Å²) in [5.74, 6) is -0.624. The average molecular weight is 239 g/mol. The Bertz CT molecular complexity index is 664. The van der Waals surface area contributed by atoms with Gasteiger partial charge in [0.1, 0.15) is 4.90 Å². The van der Waals surface area contributed by atoms with Gasteiger partial charge in [0.2, 0.25) is 0 Å². The third kappa shape index (κ3) is 1.58. The summed E-state index contributed by atoms with van der Waals surface area (Å²) in [6.45, 7) is 0. The van der Waals surface area contributed by atoms with Crippen LogP contribution >= 0.6 is 0 Å². The van der Waals surface area contributed by atoms with Crippen LogP contribution in [0.4, 0.5) is 5.69 Å². The molecule has 2 aromatic carbocycles. The molecule has 0 bridgehead atoms. The molecule has 0 unspecified atom stereocenters. The predicted octanol–water partition coefficient (Wildman–Crippen LogP) is 1.37. The lowest BCUT2D eigenvalue weighted by Gasteiger charge is -2.08. The lowest BCUT2D eigenvalue weighted by molar-refractivity contribution is 0.446. The largest absolute Gasteiger partial charge is 0.504 e. The van der Waals surface area contributed by atoms with Crippen LogP contribution in [0.1, 0.15) is 0 Å². The first-order chi connectivity index (χ1) is 7.41. The van der Waals surface area contributed by atoms with Crippen molar-refractivity contribution in [3.8, 4) is 5.75 Å². The van der Waals surface area contributed by atoms with Crippen molar-refractivity contribution in [2.24, 2.45) is 0 Å². The Morgan fingerprint density at radius 1 is 1.19 bits per heavy atom. The highest BCUT2D eigenvalue weighted by atomic mass is 32.2. The zero-order chi connectivity index (χ0) is 11.9. The Kier molecular flexibility index (Phi) is 2.25. The topological polar surface area (TPSA) is 101 Å². The first-order valence-electron chi connectivity index (χ1n) is 4.39. The fourth-order valence-corrected chi connectivity index (χ4v) is 2.16.